The lowest BCUT2D eigenvalue weighted by Gasteiger charge is -2.13. The van der Waals surface area contributed by atoms with Gasteiger partial charge >= 0.3 is 0 Å². The van der Waals surface area contributed by atoms with Crippen molar-refractivity contribution >= 4 is 23.2 Å². The summed E-state index contributed by atoms with van der Waals surface area (Å²) in [5.41, 5.74) is 2.78. The lowest BCUT2D eigenvalue weighted by Crippen LogP contribution is -2.18. The van der Waals surface area contributed by atoms with Crippen LogP contribution in [0.15, 0.2) is 54.6 Å². The number of benzene rings is 2. The molecule has 0 bridgehead atoms. The Morgan fingerprint density at radius 3 is 2.58 bits per heavy atom. The first kappa shape index (κ1) is 13.6. The predicted molar refractivity (Wildman–Crippen MR) is 79.5 cm³/mol. The van der Waals surface area contributed by atoms with Crippen LogP contribution in [-0.4, -0.2) is 5.91 Å². The van der Waals surface area contributed by atoms with Gasteiger partial charge in [0.15, 0.2) is 0 Å². The summed E-state index contributed by atoms with van der Waals surface area (Å²) in [6.07, 6.45) is 0. The van der Waals surface area contributed by atoms with E-state index in [4.69, 9.17) is 11.6 Å². The maximum Gasteiger partial charge on any atom is 0.231 e. The van der Waals surface area contributed by atoms with Gasteiger partial charge in [0, 0.05) is 11.6 Å². The minimum absolute atomic E-state index is 0.0158. The Hall–Kier alpha value is -1.80. The van der Waals surface area contributed by atoms with Crippen LogP contribution in [0.2, 0.25) is 0 Å². The summed E-state index contributed by atoms with van der Waals surface area (Å²) in [5, 5.41) is 2.92. The molecule has 2 nitrogen and oxygen atoms in total. The van der Waals surface area contributed by atoms with E-state index >= 15 is 0 Å². The van der Waals surface area contributed by atoms with Crippen LogP contribution in [-0.2, 0) is 10.7 Å². The minimum Gasteiger partial charge on any atom is -0.326 e. The first-order valence-corrected chi connectivity index (χ1v) is 6.75. The van der Waals surface area contributed by atoms with E-state index in [1.165, 1.54) is 0 Å². The van der Waals surface area contributed by atoms with Crippen molar-refractivity contribution in [1.82, 2.24) is 0 Å². The number of anilines is 1. The molecule has 1 N–H and O–H groups in total. The first-order valence-electron chi connectivity index (χ1n) is 6.21. The van der Waals surface area contributed by atoms with Crippen molar-refractivity contribution < 1.29 is 4.79 Å². The number of carbonyl (C=O) groups excluding carboxylic acids is 1. The Morgan fingerprint density at radius 2 is 1.89 bits per heavy atom. The third-order valence-corrected chi connectivity index (χ3v) is 3.35. The van der Waals surface area contributed by atoms with Gasteiger partial charge in [-0.15, -0.1) is 11.6 Å². The summed E-state index contributed by atoms with van der Waals surface area (Å²) in [4.78, 5) is 12.2. The fourth-order valence-corrected chi connectivity index (χ4v) is 2.04. The smallest absolute Gasteiger partial charge is 0.231 e. The molecule has 1 unspecified atom stereocenters. The Kier molecular flexibility index (Phi) is 4.58. The average Bonchev–Trinajstić information content (AvgIpc) is 2.47. The quantitative estimate of drug-likeness (QED) is 0.833. The number of nitrogens with one attached hydrogen (secondary N) is 1. The summed E-state index contributed by atoms with van der Waals surface area (Å²) in [6, 6.07) is 17.3. The molecule has 3 heteroatoms. The molecule has 0 aliphatic rings. The zero-order valence-corrected chi connectivity index (χ0v) is 11.5. The Labute approximate surface area is 118 Å². The maximum atomic E-state index is 12.2. The molecule has 0 aromatic heterocycles. The van der Waals surface area contributed by atoms with Crippen molar-refractivity contribution in [2.24, 2.45) is 0 Å². The van der Waals surface area contributed by atoms with Gasteiger partial charge in [-0.05, 0) is 30.2 Å². The number of amides is 1. The largest absolute Gasteiger partial charge is 0.326 e. The van der Waals surface area contributed by atoms with E-state index in [9.17, 15) is 4.79 Å². The number of rotatable bonds is 4. The Balaban J connectivity index is 2.08. The second-order valence-corrected chi connectivity index (χ2v) is 4.72. The molecule has 2 aromatic rings. The van der Waals surface area contributed by atoms with Crippen molar-refractivity contribution in [2.45, 2.75) is 18.7 Å². The highest BCUT2D eigenvalue weighted by Crippen LogP contribution is 2.18. The molecule has 0 radical (unpaired) electrons. The summed E-state index contributed by atoms with van der Waals surface area (Å²) in [6.45, 7) is 1.90. The van der Waals surface area contributed by atoms with E-state index in [0.717, 1.165) is 16.8 Å². The predicted octanol–water partition coefficient (Wildman–Crippen LogP) is 4.17. The molecule has 0 heterocycles. The molecule has 0 saturated carbocycles. The highest BCUT2D eigenvalue weighted by atomic mass is 35.5. The van der Waals surface area contributed by atoms with E-state index in [-0.39, 0.29) is 11.8 Å². The van der Waals surface area contributed by atoms with Gasteiger partial charge in [0.25, 0.3) is 0 Å². The molecular formula is C16H16ClNO. The second-order valence-electron chi connectivity index (χ2n) is 4.46. The normalized spacial score (nSPS) is 11.9. The molecule has 1 amide bonds. The van der Waals surface area contributed by atoms with Crippen LogP contribution >= 0.6 is 11.6 Å². The van der Waals surface area contributed by atoms with Crippen molar-refractivity contribution in [3.63, 3.8) is 0 Å². The van der Waals surface area contributed by atoms with Crippen molar-refractivity contribution in [3.05, 3.63) is 65.7 Å². The molecule has 0 aliphatic heterocycles. The molecule has 2 aromatic carbocycles. The van der Waals surface area contributed by atoms with Crippen molar-refractivity contribution in [2.75, 3.05) is 5.32 Å². The molecular weight excluding hydrogens is 258 g/mol. The van der Waals surface area contributed by atoms with E-state index < -0.39 is 0 Å². The summed E-state index contributed by atoms with van der Waals surface area (Å²) < 4.78 is 0. The zero-order chi connectivity index (χ0) is 13.7. The van der Waals surface area contributed by atoms with Gasteiger partial charge in [-0.3, -0.25) is 4.79 Å². The fraction of sp³-hybridized carbons (Fsp3) is 0.188. The van der Waals surface area contributed by atoms with Crippen molar-refractivity contribution in [3.8, 4) is 0 Å². The Morgan fingerprint density at radius 1 is 1.16 bits per heavy atom. The van der Waals surface area contributed by atoms with E-state index in [2.05, 4.69) is 5.32 Å². The van der Waals surface area contributed by atoms with E-state index in [1.807, 2.05) is 61.5 Å². The highest BCUT2D eigenvalue weighted by molar-refractivity contribution is 6.17. The SMILES string of the molecule is CC(C(=O)Nc1cccc(CCl)c1)c1ccccc1. The van der Waals surface area contributed by atoms with Crippen LogP contribution in [0, 0.1) is 0 Å². The second kappa shape index (κ2) is 6.39. The van der Waals surface area contributed by atoms with E-state index in [0.29, 0.717) is 5.88 Å². The van der Waals surface area contributed by atoms with Gasteiger partial charge in [0.1, 0.15) is 0 Å². The van der Waals surface area contributed by atoms with E-state index in [1.54, 1.807) is 0 Å². The molecule has 1 atom stereocenters. The fourth-order valence-electron chi connectivity index (χ4n) is 1.88. The standard InChI is InChI=1S/C16H16ClNO/c1-12(14-7-3-2-4-8-14)16(19)18-15-9-5-6-13(10-15)11-17/h2-10,12H,11H2,1H3,(H,18,19). The number of alkyl halides is 1. The van der Waals surface area contributed by atoms with Gasteiger partial charge in [0.05, 0.1) is 5.92 Å². The third kappa shape index (κ3) is 3.58. The highest BCUT2D eigenvalue weighted by Gasteiger charge is 2.14. The van der Waals surface area contributed by atoms with Gasteiger partial charge < -0.3 is 5.32 Å². The van der Waals surface area contributed by atoms with Gasteiger partial charge in [-0.25, -0.2) is 0 Å². The average molecular weight is 274 g/mol. The molecule has 2 rings (SSSR count). The van der Waals surface area contributed by atoms with Crippen LogP contribution in [0.25, 0.3) is 0 Å². The third-order valence-electron chi connectivity index (χ3n) is 3.04. The Bertz CT molecular complexity index is 554. The summed E-state index contributed by atoms with van der Waals surface area (Å²) >= 11 is 5.78. The number of halogens is 1. The van der Waals surface area contributed by atoms with Crippen LogP contribution < -0.4 is 5.32 Å². The summed E-state index contributed by atoms with van der Waals surface area (Å²) in [7, 11) is 0. The molecule has 0 saturated heterocycles. The van der Waals surface area contributed by atoms with Crippen LogP contribution in [0.3, 0.4) is 0 Å². The number of hydrogen-bond donors (Lipinski definition) is 1. The van der Waals surface area contributed by atoms with Crippen LogP contribution in [0.1, 0.15) is 24.0 Å². The lowest BCUT2D eigenvalue weighted by molar-refractivity contribution is -0.117. The minimum atomic E-state index is -0.180. The monoisotopic (exact) mass is 273 g/mol. The molecule has 19 heavy (non-hydrogen) atoms. The van der Waals surface area contributed by atoms with Gasteiger partial charge in [-0.1, -0.05) is 42.5 Å². The molecule has 98 valence electrons. The first-order chi connectivity index (χ1) is 9.20. The van der Waals surface area contributed by atoms with Crippen LogP contribution in [0.4, 0.5) is 5.69 Å². The zero-order valence-electron chi connectivity index (χ0n) is 10.8. The lowest BCUT2D eigenvalue weighted by atomic mass is 10.0. The molecule has 0 aliphatic carbocycles. The van der Waals surface area contributed by atoms with Crippen molar-refractivity contribution in [1.29, 1.82) is 0 Å². The molecule has 0 fully saturated rings. The maximum absolute atomic E-state index is 12.2. The van der Waals surface area contributed by atoms with Crippen LogP contribution in [0.5, 0.6) is 0 Å². The molecule has 0 spiro atoms. The number of hydrogen-bond acceptors (Lipinski definition) is 1. The van der Waals surface area contributed by atoms with Gasteiger partial charge in [-0.2, -0.15) is 0 Å². The topological polar surface area (TPSA) is 29.1 Å². The van der Waals surface area contributed by atoms with Gasteiger partial charge in [0.2, 0.25) is 5.91 Å². The summed E-state index contributed by atoms with van der Waals surface area (Å²) in [5.74, 6) is 0.247. The number of carbonyl (C=O) groups is 1.